The van der Waals surface area contributed by atoms with E-state index in [-0.39, 0.29) is 34.6 Å². The van der Waals surface area contributed by atoms with Gasteiger partial charge in [-0.1, -0.05) is 18.5 Å². The van der Waals surface area contributed by atoms with Gasteiger partial charge in [-0.25, -0.2) is 0 Å². The predicted molar refractivity (Wildman–Crippen MR) is 132 cm³/mol. The molecule has 0 saturated carbocycles. The number of fused-ring (bicyclic) bond motifs is 1. The molecule has 3 aromatic rings. The van der Waals surface area contributed by atoms with Crippen molar-refractivity contribution >= 4 is 33.9 Å². The molecule has 1 N–H and O–H groups in total. The number of pyridine rings is 1. The van der Waals surface area contributed by atoms with Gasteiger partial charge in [-0.15, -0.1) is 13.2 Å². The summed E-state index contributed by atoms with van der Waals surface area (Å²) in [5.41, 5.74) is 1.47. The van der Waals surface area contributed by atoms with E-state index in [2.05, 4.69) is 16.1 Å². The first-order valence-corrected chi connectivity index (χ1v) is 11.6. The molecule has 36 heavy (non-hydrogen) atoms. The maximum atomic E-state index is 12.9. The number of nitrogens with one attached hydrogen (secondary N) is 1. The summed E-state index contributed by atoms with van der Waals surface area (Å²) < 4.78 is 48.4. The number of piperidine rings is 1. The number of ether oxygens (including phenoxy) is 2. The van der Waals surface area contributed by atoms with Crippen LogP contribution in [0.15, 0.2) is 41.2 Å². The van der Waals surface area contributed by atoms with Crippen molar-refractivity contribution in [3.05, 3.63) is 57.3 Å². The smallest absolute Gasteiger partial charge is 0.494 e. The molecule has 1 aromatic heterocycles. The standard InChI is InChI=1S/C25H24ClF3N4O3/c1-14-13-33(23-17-10-15(26)4-7-21(17)32(2)24(34)18(23)12-30)9-8-19(14)31-20-6-5-16(11-22(20)35-3)36-25(27,28)29/h4-7,10-11,14,19,31H,8-9,13H2,1-3H3/t14-,19+/m1/s1. The molecule has 0 unspecified atom stereocenters. The zero-order chi connectivity index (χ0) is 26.2. The van der Waals surface area contributed by atoms with Crippen LogP contribution >= 0.6 is 11.6 Å². The first-order valence-electron chi connectivity index (χ1n) is 11.2. The molecule has 0 bridgehead atoms. The minimum atomic E-state index is -4.80. The van der Waals surface area contributed by atoms with Gasteiger partial charge >= 0.3 is 6.36 Å². The molecule has 2 heterocycles. The van der Waals surface area contributed by atoms with E-state index in [1.807, 2.05) is 11.8 Å². The zero-order valence-corrected chi connectivity index (χ0v) is 20.6. The number of methoxy groups -OCH3 is 1. The van der Waals surface area contributed by atoms with E-state index in [1.165, 1.54) is 29.9 Å². The van der Waals surface area contributed by atoms with Crippen molar-refractivity contribution in [2.75, 3.05) is 30.4 Å². The van der Waals surface area contributed by atoms with Gasteiger partial charge in [0.05, 0.1) is 24.0 Å². The molecule has 0 aliphatic carbocycles. The number of anilines is 2. The van der Waals surface area contributed by atoms with Gasteiger partial charge in [0.15, 0.2) is 0 Å². The van der Waals surface area contributed by atoms with Gasteiger partial charge in [-0.2, -0.15) is 5.26 Å². The Morgan fingerprint density at radius 2 is 1.97 bits per heavy atom. The third-order valence-corrected chi connectivity index (χ3v) is 6.65. The first kappa shape index (κ1) is 25.5. The minimum absolute atomic E-state index is 0.0310. The molecule has 1 saturated heterocycles. The van der Waals surface area contributed by atoms with Crippen LogP contribution in [0.2, 0.25) is 5.02 Å². The van der Waals surface area contributed by atoms with Gasteiger partial charge in [-0.05, 0) is 42.7 Å². The predicted octanol–water partition coefficient (Wildman–Crippen LogP) is 5.30. The Balaban J connectivity index is 1.60. The summed E-state index contributed by atoms with van der Waals surface area (Å²) in [4.78, 5) is 14.9. The Bertz CT molecular complexity index is 1400. The molecule has 2 aromatic carbocycles. The monoisotopic (exact) mass is 520 g/mol. The number of aromatic nitrogens is 1. The van der Waals surface area contributed by atoms with Gasteiger partial charge in [0, 0.05) is 42.7 Å². The Hall–Kier alpha value is -3.58. The fourth-order valence-electron chi connectivity index (χ4n) is 4.68. The van der Waals surface area contributed by atoms with E-state index in [0.717, 1.165) is 5.39 Å². The van der Waals surface area contributed by atoms with E-state index in [1.54, 1.807) is 25.2 Å². The van der Waals surface area contributed by atoms with Crippen molar-refractivity contribution in [3.8, 4) is 17.6 Å². The van der Waals surface area contributed by atoms with Crippen LogP contribution in [0.25, 0.3) is 10.9 Å². The van der Waals surface area contributed by atoms with Crippen LogP contribution in [0.5, 0.6) is 11.5 Å². The van der Waals surface area contributed by atoms with E-state index in [0.29, 0.717) is 41.4 Å². The second kappa shape index (κ2) is 9.82. The summed E-state index contributed by atoms with van der Waals surface area (Å²) in [5, 5.41) is 14.4. The van der Waals surface area contributed by atoms with E-state index >= 15 is 0 Å². The number of rotatable bonds is 5. The topological polar surface area (TPSA) is 79.5 Å². The number of nitriles is 1. The molecule has 0 radical (unpaired) electrons. The molecular formula is C25H24ClF3N4O3. The largest absolute Gasteiger partial charge is 0.573 e. The van der Waals surface area contributed by atoms with Crippen molar-refractivity contribution < 1.29 is 22.6 Å². The quantitative estimate of drug-likeness (QED) is 0.492. The Morgan fingerprint density at radius 1 is 1.22 bits per heavy atom. The Kier molecular flexibility index (Phi) is 6.96. The van der Waals surface area contributed by atoms with E-state index in [9.17, 15) is 23.2 Å². The summed E-state index contributed by atoms with van der Waals surface area (Å²) in [7, 11) is 3.00. The van der Waals surface area contributed by atoms with Gasteiger partial charge in [0.2, 0.25) is 0 Å². The molecular weight excluding hydrogens is 497 g/mol. The third-order valence-electron chi connectivity index (χ3n) is 6.41. The molecule has 190 valence electrons. The number of benzene rings is 2. The summed E-state index contributed by atoms with van der Waals surface area (Å²) in [6.45, 7) is 3.11. The van der Waals surface area contributed by atoms with Gasteiger partial charge in [0.25, 0.3) is 5.56 Å². The highest BCUT2D eigenvalue weighted by molar-refractivity contribution is 6.31. The molecule has 1 fully saturated rings. The minimum Gasteiger partial charge on any atom is -0.494 e. The molecule has 1 aliphatic heterocycles. The van der Waals surface area contributed by atoms with Crippen LogP contribution in [0, 0.1) is 17.2 Å². The fourth-order valence-corrected chi connectivity index (χ4v) is 4.86. The van der Waals surface area contributed by atoms with Crippen LogP contribution < -0.4 is 25.2 Å². The van der Waals surface area contributed by atoms with Crippen molar-refractivity contribution in [3.63, 3.8) is 0 Å². The lowest BCUT2D eigenvalue weighted by Crippen LogP contribution is -2.46. The SMILES string of the molecule is COc1cc(OC(F)(F)F)ccc1N[C@H]1CCN(c2c(C#N)c(=O)n(C)c3ccc(Cl)cc23)C[C@H]1C. The van der Waals surface area contributed by atoms with E-state index < -0.39 is 6.36 Å². The van der Waals surface area contributed by atoms with Gasteiger partial charge < -0.3 is 24.3 Å². The van der Waals surface area contributed by atoms with Crippen LogP contribution in [-0.2, 0) is 7.05 Å². The molecule has 2 atom stereocenters. The van der Waals surface area contributed by atoms with Crippen LogP contribution in [-0.4, -0.2) is 37.2 Å². The molecule has 4 rings (SSSR count). The number of aryl methyl sites for hydroxylation is 1. The lowest BCUT2D eigenvalue weighted by Gasteiger charge is -2.40. The number of alkyl halides is 3. The van der Waals surface area contributed by atoms with Crippen LogP contribution in [0.4, 0.5) is 24.5 Å². The normalized spacial score (nSPS) is 18.1. The summed E-state index contributed by atoms with van der Waals surface area (Å²) in [6.07, 6.45) is -4.15. The number of halogens is 4. The summed E-state index contributed by atoms with van der Waals surface area (Å²) in [5.74, 6) is -0.0854. The van der Waals surface area contributed by atoms with Crippen LogP contribution in [0.1, 0.15) is 18.9 Å². The molecule has 1 aliphatic rings. The van der Waals surface area contributed by atoms with Crippen molar-refractivity contribution in [2.45, 2.75) is 25.7 Å². The van der Waals surface area contributed by atoms with Gasteiger partial charge in [-0.3, -0.25) is 4.79 Å². The van der Waals surface area contributed by atoms with Crippen molar-refractivity contribution in [2.24, 2.45) is 13.0 Å². The fraction of sp³-hybridized carbons (Fsp3) is 0.360. The van der Waals surface area contributed by atoms with Crippen molar-refractivity contribution in [1.82, 2.24) is 4.57 Å². The van der Waals surface area contributed by atoms with Crippen LogP contribution in [0.3, 0.4) is 0 Å². The van der Waals surface area contributed by atoms with E-state index in [4.69, 9.17) is 16.3 Å². The number of hydrogen-bond donors (Lipinski definition) is 1. The molecule has 7 nitrogen and oxygen atoms in total. The zero-order valence-electron chi connectivity index (χ0n) is 19.8. The number of hydrogen-bond acceptors (Lipinski definition) is 6. The maximum absolute atomic E-state index is 12.9. The highest BCUT2D eigenvalue weighted by Gasteiger charge is 2.32. The van der Waals surface area contributed by atoms with Gasteiger partial charge in [0.1, 0.15) is 23.1 Å². The first-order chi connectivity index (χ1) is 17.0. The molecule has 0 spiro atoms. The highest BCUT2D eigenvalue weighted by atomic mass is 35.5. The molecule has 11 heteroatoms. The van der Waals surface area contributed by atoms with Crippen molar-refractivity contribution in [1.29, 1.82) is 5.26 Å². The lowest BCUT2D eigenvalue weighted by molar-refractivity contribution is -0.274. The summed E-state index contributed by atoms with van der Waals surface area (Å²) in [6, 6.07) is 11.2. The Labute approximate surface area is 210 Å². The Morgan fingerprint density at radius 3 is 2.61 bits per heavy atom. The lowest BCUT2D eigenvalue weighted by atomic mass is 9.92. The third kappa shape index (κ3) is 5.02. The molecule has 0 amide bonds. The number of nitrogens with zero attached hydrogens (tertiary/aromatic N) is 3. The highest BCUT2D eigenvalue weighted by Crippen LogP contribution is 2.36. The average molecular weight is 521 g/mol. The summed E-state index contributed by atoms with van der Waals surface area (Å²) >= 11 is 6.25. The maximum Gasteiger partial charge on any atom is 0.573 e. The average Bonchev–Trinajstić information content (AvgIpc) is 2.82. The second-order valence-electron chi connectivity index (χ2n) is 8.73. The second-order valence-corrected chi connectivity index (χ2v) is 9.17.